The Morgan fingerprint density at radius 3 is 0.957 bits per heavy atom. The first-order valence-corrected chi connectivity index (χ1v) is 8.40. The van der Waals surface area contributed by atoms with Crippen LogP contribution in [0, 0.1) is 6.92 Å². The minimum Gasteiger partial charge on any atom is -0.663 e. The summed E-state index contributed by atoms with van der Waals surface area (Å²) in [6.07, 6.45) is 0. The summed E-state index contributed by atoms with van der Waals surface area (Å²) in [4.78, 5) is 0. The molecule has 0 aliphatic rings. The molecule has 0 radical (unpaired) electrons. The number of benzene rings is 1. The van der Waals surface area contributed by atoms with Gasteiger partial charge in [-0.25, -0.2) is 0 Å². The maximum absolute atomic E-state index is 3.97. The predicted octanol–water partition coefficient (Wildman–Crippen LogP) is 6.07. The fourth-order valence-electron chi connectivity index (χ4n) is 1.15. The quantitative estimate of drug-likeness (QED) is 0.439. The Balaban J connectivity index is -0.000000105. The molecule has 0 bridgehead atoms. The van der Waals surface area contributed by atoms with Gasteiger partial charge in [0.05, 0.1) is 0 Å². The summed E-state index contributed by atoms with van der Waals surface area (Å²) in [6.45, 7) is 21.8. The van der Waals surface area contributed by atoms with Crippen molar-refractivity contribution in [3.8, 4) is 0 Å². The van der Waals surface area contributed by atoms with E-state index in [1.165, 1.54) is 0 Å². The number of nitrogens with zero attached hydrogens (tertiary/aromatic N) is 3. The normalized spacial score (nSPS) is 8.09. The zero-order valence-corrected chi connectivity index (χ0v) is 17.7. The molecule has 0 saturated carbocycles. The molecule has 0 heterocycles. The van der Waals surface area contributed by atoms with Crippen LogP contribution in [0.15, 0.2) is 30.3 Å². The van der Waals surface area contributed by atoms with Gasteiger partial charge in [0.25, 0.3) is 0 Å². The molecule has 0 aliphatic heterocycles. The van der Waals surface area contributed by atoms with Gasteiger partial charge < -0.3 is 16.0 Å². The van der Waals surface area contributed by atoms with E-state index in [-0.39, 0.29) is 21.7 Å². The minimum atomic E-state index is 0. The largest absolute Gasteiger partial charge is 4.00 e. The molecule has 1 rings (SSSR count). The van der Waals surface area contributed by atoms with Gasteiger partial charge in [0.2, 0.25) is 0 Å². The van der Waals surface area contributed by atoms with Gasteiger partial charge in [0, 0.05) is 0 Å². The summed E-state index contributed by atoms with van der Waals surface area (Å²) in [5, 5.41) is 11.9. The van der Waals surface area contributed by atoms with E-state index in [1.807, 2.05) is 71.9 Å². The molecule has 0 aliphatic carbocycles. The molecule has 0 amide bonds. The van der Waals surface area contributed by atoms with Gasteiger partial charge in [-0.2, -0.15) is 63.9 Å². The third kappa shape index (κ3) is 44.9. The molecule has 0 atom stereocenters. The van der Waals surface area contributed by atoms with Crippen molar-refractivity contribution in [2.75, 3.05) is 39.3 Å². The summed E-state index contributed by atoms with van der Waals surface area (Å²) in [5.41, 5.74) is 1.07. The van der Waals surface area contributed by atoms with Gasteiger partial charge in [0.15, 0.2) is 0 Å². The second-order valence-electron chi connectivity index (χ2n) is 4.05. The van der Waals surface area contributed by atoms with E-state index in [0.717, 1.165) is 44.8 Å². The third-order valence-corrected chi connectivity index (χ3v) is 2.18. The molecular weight excluding hydrogens is 318 g/mol. The maximum atomic E-state index is 3.97. The van der Waals surface area contributed by atoms with E-state index in [0.29, 0.717) is 0 Å². The first-order chi connectivity index (χ1) is 10.6. The van der Waals surface area contributed by atoms with Crippen molar-refractivity contribution in [1.29, 1.82) is 0 Å². The van der Waals surface area contributed by atoms with Crippen LogP contribution in [0.3, 0.4) is 0 Å². The Hall–Kier alpha value is -0.316. The minimum absolute atomic E-state index is 0. The van der Waals surface area contributed by atoms with E-state index in [9.17, 15) is 0 Å². The van der Waals surface area contributed by atoms with E-state index in [1.54, 1.807) is 0 Å². The van der Waals surface area contributed by atoms with Gasteiger partial charge in [-0.1, -0.05) is 47.6 Å². The average molecular weight is 355 g/mol. The third-order valence-electron chi connectivity index (χ3n) is 2.18. The number of hydrogen-bond donors (Lipinski definition) is 0. The van der Waals surface area contributed by atoms with Gasteiger partial charge in [-0.3, -0.25) is 0 Å². The molecule has 0 N–H and O–H groups in total. The predicted molar refractivity (Wildman–Crippen MR) is 104 cm³/mol. The molecule has 1 aromatic carbocycles. The summed E-state index contributed by atoms with van der Waals surface area (Å²) in [7, 11) is 0. The Kier molecular flexibility index (Phi) is 44.3. The van der Waals surface area contributed by atoms with Crippen molar-refractivity contribution < 1.29 is 21.7 Å². The molecule has 132 valence electrons. The van der Waals surface area contributed by atoms with Crippen molar-refractivity contribution in [1.82, 2.24) is 0 Å². The van der Waals surface area contributed by atoms with Crippen molar-refractivity contribution in [2.24, 2.45) is 0 Å². The summed E-state index contributed by atoms with van der Waals surface area (Å²) in [6, 6.07) is 9.87. The Morgan fingerprint density at radius 2 is 0.870 bits per heavy atom. The Bertz CT molecular complexity index is 236. The Morgan fingerprint density at radius 1 is 0.609 bits per heavy atom. The molecule has 0 aromatic heterocycles. The van der Waals surface area contributed by atoms with Crippen LogP contribution in [0.25, 0.3) is 16.0 Å². The molecule has 0 spiro atoms. The topological polar surface area (TPSA) is 42.3 Å². The van der Waals surface area contributed by atoms with Gasteiger partial charge in [-0.15, -0.1) is 12.1 Å². The molecule has 1 aromatic rings. The van der Waals surface area contributed by atoms with Gasteiger partial charge in [-0.05, 0) is 0 Å². The van der Waals surface area contributed by atoms with Crippen molar-refractivity contribution in [3.05, 3.63) is 58.8 Å². The zero-order chi connectivity index (χ0) is 17.5. The van der Waals surface area contributed by atoms with Crippen LogP contribution >= 0.6 is 0 Å². The fourth-order valence-corrected chi connectivity index (χ4v) is 1.15. The fraction of sp³-hybridized carbons (Fsp3) is 0.632. The summed E-state index contributed by atoms with van der Waals surface area (Å²) >= 11 is 0. The first-order valence-electron chi connectivity index (χ1n) is 8.40. The molecule has 0 fully saturated rings. The standard InChI is InChI=1S/C7H7.3C4H10N.Ti/c1-7-5-3-2-4-6-7;3*1-3-5-4-2;/h2-6H,1H2;3*3-4H2,1-2H3;/q4*-1;+4. The van der Waals surface area contributed by atoms with Crippen LogP contribution in [-0.4, -0.2) is 39.3 Å². The zero-order valence-electron chi connectivity index (χ0n) is 16.2. The van der Waals surface area contributed by atoms with E-state index in [4.69, 9.17) is 0 Å². The van der Waals surface area contributed by atoms with E-state index >= 15 is 0 Å². The van der Waals surface area contributed by atoms with Crippen molar-refractivity contribution >= 4 is 0 Å². The SMILES string of the molecule is CC[N-]CC.CC[N-]CC.CC[N-]CC.[CH2-]c1ccccc1.[Ti+4]. The van der Waals surface area contributed by atoms with Crippen LogP contribution in [0.5, 0.6) is 0 Å². The maximum Gasteiger partial charge on any atom is 4.00 e. The van der Waals surface area contributed by atoms with Crippen LogP contribution in [0.4, 0.5) is 0 Å². The molecule has 0 saturated heterocycles. The van der Waals surface area contributed by atoms with Crippen LogP contribution in [-0.2, 0) is 21.7 Å². The Labute approximate surface area is 161 Å². The summed E-state index contributed by atoms with van der Waals surface area (Å²) < 4.78 is 0. The van der Waals surface area contributed by atoms with E-state index < -0.39 is 0 Å². The van der Waals surface area contributed by atoms with Crippen LogP contribution in [0.2, 0.25) is 0 Å². The number of hydrogen-bond acceptors (Lipinski definition) is 0. The second kappa shape index (κ2) is 33.3. The second-order valence-corrected chi connectivity index (χ2v) is 4.05. The molecule has 3 nitrogen and oxygen atoms in total. The van der Waals surface area contributed by atoms with E-state index in [2.05, 4.69) is 22.9 Å². The first kappa shape index (κ1) is 30.6. The van der Waals surface area contributed by atoms with Crippen molar-refractivity contribution in [3.63, 3.8) is 0 Å². The monoisotopic (exact) mass is 355 g/mol. The molecule has 0 unspecified atom stereocenters. The number of rotatable bonds is 6. The van der Waals surface area contributed by atoms with Crippen molar-refractivity contribution in [2.45, 2.75) is 41.5 Å². The molecular formula is C19H37N3Ti. The van der Waals surface area contributed by atoms with Crippen LogP contribution < -0.4 is 0 Å². The molecule has 23 heavy (non-hydrogen) atoms. The van der Waals surface area contributed by atoms with Crippen LogP contribution in [0.1, 0.15) is 47.1 Å². The average Bonchev–Trinajstić information content (AvgIpc) is 2.52. The molecule has 4 heteroatoms. The van der Waals surface area contributed by atoms with Gasteiger partial charge >= 0.3 is 21.7 Å². The summed E-state index contributed by atoms with van der Waals surface area (Å²) in [5.74, 6) is 0. The smallest absolute Gasteiger partial charge is 0.663 e. The van der Waals surface area contributed by atoms with Gasteiger partial charge in [0.1, 0.15) is 0 Å².